The summed E-state index contributed by atoms with van der Waals surface area (Å²) in [6, 6.07) is 11.4. The first-order chi connectivity index (χ1) is 13.4. The van der Waals surface area contributed by atoms with Crippen LogP contribution >= 0.6 is 0 Å². The molecule has 0 bridgehead atoms. The molecule has 0 heterocycles. The second-order valence-corrected chi connectivity index (χ2v) is 5.30. The second-order valence-electron chi connectivity index (χ2n) is 5.30. The Kier molecular flexibility index (Phi) is 6.92. The third-order valence-corrected chi connectivity index (χ3v) is 3.32. The molecular formula is C18H16N4O6. The van der Waals surface area contributed by atoms with E-state index in [9.17, 15) is 24.5 Å². The molecule has 2 N–H and O–H groups in total. The monoisotopic (exact) mass is 384 g/mol. The number of nitrogens with one attached hydrogen (secondary N) is 2. The Morgan fingerprint density at radius 3 is 2.50 bits per heavy atom. The number of hydrogen-bond donors (Lipinski definition) is 2. The van der Waals surface area contributed by atoms with Gasteiger partial charge in [0, 0.05) is 23.4 Å². The number of benzene rings is 2. The average Bonchev–Trinajstić information content (AvgIpc) is 2.68. The number of ether oxygens (including phenoxy) is 1. The molecule has 10 heteroatoms. The van der Waals surface area contributed by atoms with Crippen molar-refractivity contribution in [2.45, 2.75) is 6.92 Å². The number of rotatable bonds is 6. The van der Waals surface area contributed by atoms with Gasteiger partial charge >= 0.3 is 17.8 Å². The quantitative estimate of drug-likeness (QED) is 0.256. The number of nitro groups is 1. The van der Waals surface area contributed by atoms with Crippen molar-refractivity contribution in [2.75, 3.05) is 11.9 Å². The Morgan fingerprint density at radius 2 is 1.86 bits per heavy atom. The van der Waals surface area contributed by atoms with Crippen LogP contribution in [0.1, 0.15) is 22.8 Å². The SMILES string of the molecule is CCOC(=O)c1ccc(NC(=O)C(=O)N/N=C\c2cccc([N+](=O)[O-])c2)cc1. The van der Waals surface area contributed by atoms with Crippen LogP contribution in [0.4, 0.5) is 11.4 Å². The van der Waals surface area contributed by atoms with Gasteiger partial charge in [0.1, 0.15) is 0 Å². The van der Waals surface area contributed by atoms with Crippen LogP contribution in [0.25, 0.3) is 0 Å². The summed E-state index contributed by atoms with van der Waals surface area (Å²) in [6.07, 6.45) is 1.17. The van der Waals surface area contributed by atoms with E-state index >= 15 is 0 Å². The summed E-state index contributed by atoms with van der Waals surface area (Å²) < 4.78 is 4.84. The Balaban J connectivity index is 1.90. The van der Waals surface area contributed by atoms with Crippen molar-refractivity contribution in [1.82, 2.24) is 5.43 Å². The minimum Gasteiger partial charge on any atom is -0.462 e. The van der Waals surface area contributed by atoms with E-state index in [1.165, 1.54) is 48.7 Å². The number of amides is 2. The van der Waals surface area contributed by atoms with Gasteiger partial charge in [0.25, 0.3) is 5.69 Å². The lowest BCUT2D eigenvalue weighted by atomic mass is 10.2. The molecule has 0 spiro atoms. The van der Waals surface area contributed by atoms with Crippen LogP contribution in [-0.2, 0) is 14.3 Å². The molecule has 0 unspecified atom stereocenters. The third-order valence-electron chi connectivity index (χ3n) is 3.32. The number of nitro benzene ring substituents is 1. The lowest BCUT2D eigenvalue weighted by molar-refractivity contribution is -0.384. The Hall–Kier alpha value is -4.08. The van der Waals surface area contributed by atoms with Gasteiger partial charge in [0.05, 0.1) is 23.3 Å². The van der Waals surface area contributed by atoms with Gasteiger partial charge < -0.3 is 10.1 Å². The molecule has 0 atom stereocenters. The van der Waals surface area contributed by atoms with Gasteiger partial charge in [-0.25, -0.2) is 10.2 Å². The first-order valence-electron chi connectivity index (χ1n) is 8.06. The van der Waals surface area contributed by atoms with Gasteiger partial charge in [-0.3, -0.25) is 19.7 Å². The Bertz CT molecular complexity index is 924. The van der Waals surface area contributed by atoms with E-state index in [-0.39, 0.29) is 12.3 Å². The zero-order valence-electron chi connectivity index (χ0n) is 14.7. The number of carbonyl (C=O) groups is 3. The molecular weight excluding hydrogens is 368 g/mol. The maximum absolute atomic E-state index is 11.8. The van der Waals surface area contributed by atoms with Gasteiger partial charge in [-0.1, -0.05) is 12.1 Å². The van der Waals surface area contributed by atoms with E-state index < -0.39 is 22.7 Å². The normalized spacial score (nSPS) is 10.3. The summed E-state index contributed by atoms with van der Waals surface area (Å²) in [7, 11) is 0. The first kappa shape index (κ1) is 20.2. The number of esters is 1. The maximum Gasteiger partial charge on any atom is 0.338 e. The molecule has 0 aliphatic carbocycles. The number of non-ortho nitro benzene ring substituents is 1. The number of hydrazone groups is 1. The highest BCUT2D eigenvalue weighted by Gasteiger charge is 2.13. The topological polar surface area (TPSA) is 140 Å². The molecule has 2 amide bonds. The molecule has 2 aromatic carbocycles. The largest absolute Gasteiger partial charge is 0.462 e. The first-order valence-corrected chi connectivity index (χ1v) is 8.06. The number of carbonyl (C=O) groups excluding carboxylic acids is 3. The fourth-order valence-electron chi connectivity index (χ4n) is 2.03. The van der Waals surface area contributed by atoms with Crippen LogP contribution in [0.5, 0.6) is 0 Å². The molecule has 0 saturated heterocycles. The van der Waals surface area contributed by atoms with Crippen LogP contribution in [0.2, 0.25) is 0 Å². The van der Waals surface area contributed by atoms with Crippen LogP contribution in [0.3, 0.4) is 0 Å². The summed E-state index contributed by atoms with van der Waals surface area (Å²) >= 11 is 0. The summed E-state index contributed by atoms with van der Waals surface area (Å²) in [6.45, 7) is 1.93. The van der Waals surface area contributed by atoms with Crippen molar-refractivity contribution < 1.29 is 24.0 Å². The molecule has 0 radical (unpaired) electrons. The molecule has 0 saturated carbocycles. The molecule has 2 aromatic rings. The number of nitrogens with zero attached hydrogens (tertiary/aromatic N) is 2. The standard InChI is InChI=1S/C18H16N4O6/c1-2-28-18(25)13-6-8-14(9-7-13)20-16(23)17(24)21-19-11-12-4-3-5-15(10-12)22(26)27/h3-11H,2H2,1H3,(H,20,23)(H,21,24)/b19-11-. The van der Waals surface area contributed by atoms with Crippen molar-refractivity contribution in [3.8, 4) is 0 Å². The maximum atomic E-state index is 11.8. The predicted molar refractivity (Wildman–Crippen MR) is 99.9 cm³/mol. The van der Waals surface area contributed by atoms with Crippen LogP contribution in [0.15, 0.2) is 53.6 Å². The lowest BCUT2D eigenvalue weighted by Gasteiger charge is -2.05. The zero-order chi connectivity index (χ0) is 20.5. The van der Waals surface area contributed by atoms with Gasteiger partial charge in [0.2, 0.25) is 0 Å². The van der Waals surface area contributed by atoms with Gasteiger partial charge in [-0.2, -0.15) is 5.10 Å². The molecule has 2 rings (SSSR count). The van der Waals surface area contributed by atoms with E-state index in [2.05, 4.69) is 10.4 Å². The van der Waals surface area contributed by atoms with Crippen molar-refractivity contribution in [3.63, 3.8) is 0 Å². The molecule has 0 aromatic heterocycles. The minimum atomic E-state index is -1.03. The van der Waals surface area contributed by atoms with Crippen molar-refractivity contribution >= 4 is 35.4 Å². The van der Waals surface area contributed by atoms with E-state index in [4.69, 9.17) is 4.74 Å². The van der Waals surface area contributed by atoms with E-state index in [1.807, 2.05) is 5.43 Å². The molecule has 10 nitrogen and oxygen atoms in total. The smallest absolute Gasteiger partial charge is 0.338 e. The van der Waals surface area contributed by atoms with Crippen molar-refractivity contribution in [2.24, 2.45) is 5.10 Å². The average molecular weight is 384 g/mol. The molecule has 0 aliphatic heterocycles. The predicted octanol–water partition coefficient (Wildman–Crippen LogP) is 1.86. The highest BCUT2D eigenvalue weighted by Crippen LogP contribution is 2.12. The van der Waals surface area contributed by atoms with E-state index in [0.717, 1.165) is 0 Å². The fraction of sp³-hybridized carbons (Fsp3) is 0.111. The van der Waals surface area contributed by atoms with Gasteiger partial charge in [0.15, 0.2) is 0 Å². The Morgan fingerprint density at radius 1 is 1.14 bits per heavy atom. The highest BCUT2D eigenvalue weighted by molar-refractivity contribution is 6.39. The summed E-state index contributed by atoms with van der Waals surface area (Å²) in [5.41, 5.74) is 2.89. The molecule has 28 heavy (non-hydrogen) atoms. The lowest BCUT2D eigenvalue weighted by Crippen LogP contribution is -2.32. The van der Waals surface area contributed by atoms with Crippen LogP contribution in [-0.4, -0.2) is 35.5 Å². The van der Waals surface area contributed by atoms with Crippen LogP contribution in [0, 0.1) is 10.1 Å². The Labute approximate surface area is 159 Å². The summed E-state index contributed by atoms with van der Waals surface area (Å²) in [5, 5.41) is 16.6. The van der Waals surface area contributed by atoms with Crippen LogP contribution < -0.4 is 10.7 Å². The summed E-state index contributed by atoms with van der Waals surface area (Å²) in [4.78, 5) is 45.3. The zero-order valence-corrected chi connectivity index (χ0v) is 14.7. The van der Waals surface area contributed by atoms with Crippen molar-refractivity contribution in [3.05, 3.63) is 69.8 Å². The van der Waals surface area contributed by atoms with Gasteiger partial charge in [-0.15, -0.1) is 0 Å². The van der Waals surface area contributed by atoms with Gasteiger partial charge in [-0.05, 0) is 31.2 Å². The fourth-order valence-corrected chi connectivity index (χ4v) is 2.03. The third kappa shape index (κ3) is 5.73. The van der Waals surface area contributed by atoms with Crippen molar-refractivity contribution in [1.29, 1.82) is 0 Å². The second kappa shape index (κ2) is 9.57. The van der Waals surface area contributed by atoms with E-state index in [0.29, 0.717) is 16.8 Å². The molecule has 144 valence electrons. The highest BCUT2D eigenvalue weighted by atomic mass is 16.6. The molecule has 0 aliphatic rings. The van der Waals surface area contributed by atoms with E-state index in [1.54, 1.807) is 13.0 Å². The minimum absolute atomic E-state index is 0.126. The number of anilines is 1. The summed E-state index contributed by atoms with van der Waals surface area (Å²) in [5.74, 6) is -2.50. The number of hydrogen-bond acceptors (Lipinski definition) is 7. The molecule has 0 fully saturated rings.